The van der Waals surface area contributed by atoms with Crippen molar-refractivity contribution in [2.45, 2.75) is 98.0 Å². The molecule has 0 aliphatic heterocycles. The molecule has 0 amide bonds. The van der Waals surface area contributed by atoms with Gasteiger partial charge < -0.3 is 5.11 Å². The number of carbonyl (C=O) groups is 1. The number of aliphatic hydroxyl groups excluding tert-OH is 1. The molecule has 3 nitrogen and oxygen atoms in total. The highest BCUT2D eigenvalue weighted by Crippen LogP contribution is 2.69. The molecule has 0 aromatic carbocycles. The van der Waals surface area contributed by atoms with Crippen LogP contribution in [0.3, 0.4) is 0 Å². The number of ketones is 1. The molecular formula is C26H41NO2. The van der Waals surface area contributed by atoms with Gasteiger partial charge in [-0.1, -0.05) is 34.1 Å². The maximum absolute atomic E-state index is 12.3. The van der Waals surface area contributed by atoms with E-state index < -0.39 is 0 Å². The zero-order valence-electron chi connectivity index (χ0n) is 19.0. The van der Waals surface area contributed by atoms with E-state index in [0.29, 0.717) is 59.5 Å². The lowest BCUT2D eigenvalue weighted by Crippen LogP contribution is -2.61. The Morgan fingerprint density at radius 3 is 2.55 bits per heavy atom. The predicted octanol–water partition coefficient (Wildman–Crippen LogP) is 5.76. The number of nitrogens with zero attached hydrogens (tertiary/aromatic N) is 1. The van der Waals surface area contributed by atoms with E-state index in [1.54, 1.807) is 0 Å². The molecule has 0 aromatic heterocycles. The van der Waals surface area contributed by atoms with Crippen LogP contribution in [0.5, 0.6) is 0 Å². The van der Waals surface area contributed by atoms with E-state index in [0.717, 1.165) is 25.7 Å². The van der Waals surface area contributed by atoms with Gasteiger partial charge in [-0.3, -0.25) is 4.79 Å². The van der Waals surface area contributed by atoms with Crippen LogP contribution in [0.15, 0.2) is 0 Å². The molecule has 162 valence electrons. The van der Waals surface area contributed by atoms with Gasteiger partial charge in [-0.2, -0.15) is 5.26 Å². The SMILES string of the molecule is CC[C@H]1C2CC(=O)CC[C@]2(C)C2CC[C@@]3(C)C(CCC3[C@H](C)CCC#N)C2[C@@H]1O. The molecule has 3 heteroatoms. The first-order valence-electron chi connectivity index (χ1n) is 12.3. The zero-order valence-corrected chi connectivity index (χ0v) is 19.0. The molecule has 4 rings (SSSR count). The average Bonchev–Trinajstić information content (AvgIpc) is 3.05. The Bertz CT molecular complexity index is 683. The summed E-state index contributed by atoms with van der Waals surface area (Å²) in [6.45, 7) is 9.57. The molecule has 0 radical (unpaired) electrons. The van der Waals surface area contributed by atoms with Crippen molar-refractivity contribution in [2.24, 2.45) is 52.3 Å². The molecule has 0 spiro atoms. The minimum absolute atomic E-state index is 0.227. The van der Waals surface area contributed by atoms with E-state index in [1.165, 1.54) is 25.7 Å². The third kappa shape index (κ3) is 3.12. The normalized spacial score (nSPS) is 50.2. The van der Waals surface area contributed by atoms with E-state index in [9.17, 15) is 9.90 Å². The molecule has 10 atom stereocenters. The van der Waals surface area contributed by atoms with Crippen LogP contribution in [0.4, 0.5) is 0 Å². The van der Waals surface area contributed by atoms with Crippen LogP contribution in [-0.4, -0.2) is 17.0 Å². The van der Waals surface area contributed by atoms with Gasteiger partial charge in [-0.25, -0.2) is 0 Å². The summed E-state index contributed by atoms with van der Waals surface area (Å²) in [6, 6.07) is 2.34. The lowest BCUT2D eigenvalue weighted by molar-refractivity contribution is -0.194. The predicted molar refractivity (Wildman–Crippen MR) is 115 cm³/mol. The third-order valence-electron chi connectivity index (χ3n) is 10.7. The van der Waals surface area contributed by atoms with Crippen molar-refractivity contribution in [2.75, 3.05) is 0 Å². The number of aliphatic hydroxyl groups is 1. The minimum atomic E-state index is -0.244. The fraction of sp³-hybridized carbons (Fsp3) is 0.923. The Hall–Kier alpha value is -0.880. The van der Waals surface area contributed by atoms with Crippen LogP contribution in [0.25, 0.3) is 0 Å². The third-order valence-corrected chi connectivity index (χ3v) is 10.7. The molecule has 4 aliphatic carbocycles. The quantitative estimate of drug-likeness (QED) is 0.653. The molecule has 1 N–H and O–H groups in total. The van der Waals surface area contributed by atoms with Crippen molar-refractivity contribution in [1.29, 1.82) is 5.26 Å². The first kappa shape index (κ1) is 21.4. The van der Waals surface area contributed by atoms with Crippen LogP contribution in [0.1, 0.15) is 91.9 Å². The highest BCUT2D eigenvalue weighted by molar-refractivity contribution is 5.79. The van der Waals surface area contributed by atoms with Crippen molar-refractivity contribution >= 4 is 5.78 Å². The number of hydrogen-bond donors (Lipinski definition) is 1. The Balaban J connectivity index is 1.65. The van der Waals surface area contributed by atoms with E-state index in [2.05, 4.69) is 33.8 Å². The smallest absolute Gasteiger partial charge is 0.133 e. The van der Waals surface area contributed by atoms with Crippen molar-refractivity contribution in [3.05, 3.63) is 0 Å². The average molecular weight is 400 g/mol. The molecule has 4 saturated carbocycles. The van der Waals surface area contributed by atoms with Crippen LogP contribution >= 0.6 is 0 Å². The van der Waals surface area contributed by atoms with Crippen LogP contribution in [0, 0.1) is 63.6 Å². The molecule has 4 aliphatic rings. The van der Waals surface area contributed by atoms with Gasteiger partial charge in [0.2, 0.25) is 0 Å². The van der Waals surface area contributed by atoms with E-state index >= 15 is 0 Å². The summed E-state index contributed by atoms with van der Waals surface area (Å²) < 4.78 is 0. The molecule has 0 aromatic rings. The van der Waals surface area contributed by atoms with Gasteiger partial charge in [-0.05, 0) is 90.8 Å². The molecule has 0 heterocycles. The minimum Gasteiger partial charge on any atom is -0.393 e. The Morgan fingerprint density at radius 2 is 1.86 bits per heavy atom. The van der Waals surface area contributed by atoms with Crippen molar-refractivity contribution < 1.29 is 9.90 Å². The largest absolute Gasteiger partial charge is 0.393 e. The van der Waals surface area contributed by atoms with Crippen molar-refractivity contribution in [3.8, 4) is 6.07 Å². The summed E-state index contributed by atoms with van der Waals surface area (Å²) in [5.74, 6) is 3.95. The monoisotopic (exact) mass is 399 g/mol. The van der Waals surface area contributed by atoms with Gasteiger partial charge in [0.15, 0.2) is 0 Å². The van der Waals surface area contributed by atoms with E-state index in [-0.39, 0.29) is 17.4 Å². The first-order chi connectivity index (χ1) is 13.8. The highest BCUT2D eigenvalue weighted by atomic mass is 16.3. The topological polar surface area (TPSA) is 61.1 Å². The van der Waals surface area contributed by atoms with E-state index in [1.807, 2.05) is 0 Å². The fourth-order valence-electron chi connectivity index (χ4n) is 9.23. The number of nitriles is 1. The van der Waals surface area contributed by atoms with Gasteiger partial charge in [0, 0.05) is 19.3 Å². The number of Topliss-reactive ketones (excluding diaryl/α,β-unsaturated/α-hetero) is 1. The van der Waals surface area contributed by atoms with Gasteiger partial charge in [0.05, 0.1) is 12.2 Å². The summed E-state index contributed by atoms with van der Waals surface area (Å²) in [4.78, 5) is 12.3. The van der Waals surface area contributed by atoms with Crippen molar-refractivity contribution in [1.82, 2.24) is 0 Å². The molecular weight excluding hydrogens is 358 g/mol. The maximum atomic E-state index is 12.3. The second-order valence-electron chi connectivity index (χ2n) is 11.6. The molecule has 5 unspecified atom stereocenters. The number of hydrogen-bond acceptors (Lipinski definition) is 3. The molecule has 4 fully saturated rings. The number of fused-ring (bicyclic) bond motifs is 5. The van der Waals surface area contributed by atoms with Crippen LogP contribution in [-0.2, 0) is 4.79 Å². The Morgan fingerprint density at radius 1 is 1.14 bits per heavy atom. The highest BCUT2D eigenvalue weighted by Gasteiger charge is 2.64. The van der Waals surface area contributed by atoms with Gasteiger partial charge in [0.25, 0.3) is 0 Å². The fourth-order valence-corrected chi connectivity index (χ4v) is 9.23. The molecule has 29 heavy (non-hydrogen) atoms. The maximum Gasteiger partial charge on any atom is 0.133 e. The standard InChI is InChI=1S/C26H41NO2/c1-5-18-22-15-17(28)10-12-26(22,4)21-11-13-25(3)19(16(2)7-6-14-27)8-9-20(25)23(21)24(18)29/h16,18-24,29H,5-13,15H2,1-4H3/t16-,18+,19?,20?,21?,22?,23?,24-,25-,26-/m1/s1. The summed E-state index contributed by atoms with van der Waals surface area (Å²) in [6.07, 6.45) is 9.89. The summed E-state index contributed by atoms with van der Waals surface area (Å²) in [5, 5.41) is 20.7. The summed E-state index contributed by atoms with van der Waals surface area (Å²) in [7, 11) is 0. The van der Waals surface area contributed by atoms with Gasteiger partial charge in [-0.15, -0.1) is 0 Å². The van der Waals surface area contributed by atoms with Crippen LogP contribution in [0.2, 0.25) is 0 Å². The molecule has 0 bridgehead atoms. The number of carbonyl (C=O) groups excluding carboxylic acids is 1. The lowest BCUT2D eigenvalue weighted by atomic mass is 9.41. The number of rotatable bonds is 4. The second kappa shape index (κ2) is 7.67. The van der Waals surface area contributed by atoms with Gasteiger partial charge >= 0.3 is 0 Å². The zero-order chi connectivity index (χ0) is 21.0. The lowest BCUT2D eigenvalue weighted by Gasteiger charge is -2.64. The van der Waals surface area contributed by atoms with Crippen LogP contribution < -0.4 is 0 Å². The summed E-state index contributed by atoms with van der Waals surface area (Å²) >= 11 is 0. The van der Waals surface area contributed by atoms with Gasteiger partial charge in [0.1, 0.15) is 5.78 Å². The molecule has 0 saturated heterocycles. The Kier molecular flexibility index (Phi) is 5.65. The summed E-state index contributed by atoms with van der Waals surface area (Å²) in [5.41, 5.74) is 0.535. The van der Waals surface area contributed by atoms with E-state index in [4.69, 9.17) is 5.26 Å². The first-order valence-corrected chi connectivity index (χ1v) is 12.3. The van der Waals surface area contributed by atoms with Crippen molar-refractivity contribution in [3.63, 3.8) is 0 Å². The second-order valence-corrected chi connectivity index (χ2v) is 11.6. The Labute approximate surface area is 177 Å².